The maximum Gasteiger partial charge on any atom is 0.450 e. The minimum atomic E-state index is -5.03. The van der Waals surface area contributed by atoms with Gasteiger partial charge in [-0.05, 0) is 31.5 Å². The second-order valence-electron chi connectivity index (χ2n) is 5.48. The van der Waals surface area contributed by atoms with E-state index in [1.54, 1.807) is 12.1 Å². The molecule has 0 spiro atoms. The number of alkyl halides is 3. The molecule has 0 fully saturated rings. The number of carbonyl (C=O) groups is 2. The lowest BCUT2D eigenvalue weighted by atomic mass is 10.1. The molecule has 24 heavy (non-hydrogen) atoms. The van der Waals surface area contributed by atoms with E-state index >= 15 is 0 Å². The third-order valence-corrected chi connectivity index (χ3v) is 4.04. The number of rotatable bonds is 4. The highest BCUT2D eigenvalue weighted by Crippen LogP contribution is 2.34. The first-order chi connectivity index (χ1) is 11.1. The summed E-state index contributed by atoms with van der Waals surface area (Å²) in [4.78, 5) is 22.6. The molecule has 5 nitrogen and oxygen atoms in total. The average Bonchev–Trinajstić information content (AvgIpc) is 2.70. The van der Waals surface area contributed by atoms with Crippen LogP contribution in [0.2, 0.25) is 0 Å². The lowest BCUT2D eigenvalue weighted by molar-refractivity contribution is -0.171. The number of benzene rings is 1. The van der Waals surface area contributed by atoms with Crippen molar-refractivity contribution >= 4 is 28.3 Å². The molecule has 0 saturated carbocycles. The standard InChI is InChI=1S/C16H17F3N2O3/c1-8-9(2)21(3)12-6-11(13(24-4)5-10(8)12)20-15(23)7-14(22)16(17,18)19/h5-6H,7H2,1-4H3,(H,20,23). The molecular weight excluding hydrogens is 325 g/mol. The number of nitrogens with one attached hydrogen (secondary N) is 1. The molecule has 130 valence electrons. The van der Waals surface area contributed by atoms with Gasteiger partial charge in [-0.15, -0.1) is 0 Å². The van der Waals surface area contributed by atoms with Crippen LogP contribution in [0.1, 0.15) is 17.7 Å². The monoisotopic (exact) mass is 342 g/mol. The summed E-state index contributed by atoms with van der Waals surface area (Å²) in [6.07, 6.45) is -6.30. The van der Waals surface area contributed by atoms with Crippen molar-refractivity contribution in [2.75, 3.05) is 12.4 Å². The van der Waals surface area contributed by atoms with Crippen molar-refractivity contribution in [3.05, 3.63) is 23.4 Å². The molecule has 1 N–H and O–H groups in total. The van der Waals surface area contributed by atoms with Crippen molar-refractivity contribution in [3.8, 4) is 5.75 Å². The van der Waals surface area contributed by atoms with Crippen LogP contribution >= 0.6 is 0 Å². The van der Waals surface area contributed by atoms with Gasteiger partial charge in [0, 0.05) is 18.1 Å². The van der Waals surface area contributed by atoms with Gasteiger partial charge in [-0.1, -0.05) is 0 Å². The van der Waals surface area contributed by atoms with Crippen LogP contribution in [0.3, 0.4) is 0 Å². The van der Waals surface area contributed by atoms with Crippen molar-refractivity contribution in [3.63, 3.8) is 0 Å². The Balaban J connectivity index is 2.36. The zero-order valence-electron chi connectivity index (χ0n) is 13.7. The van der Waals surface area contributed by atoms with E-state index in [2.05, 4.69) is 5.32 Å². The third-order valence-electron chi connectivity index (χ3n) is 4.04. The van der Waals surface area contributed by atoms with Gasteiger partial charge in [0.15, 0.2) is 0 Å². The Morgan fingerprint density at radius 1 is 1.25 bits per heavy atom. The van der Waals surface area contributed by atoms with Crippen LogP contribution in [0.15, 0.2) is 12.1 Å². The molecule has 2 rings (SSSR count). The summed E-state index contributed by atoms with van der Waals surface area (Å²) in [5.74, 6) is -2.83. The average molecular weight is 342 g/mol. The van der Waals surface area contributed by atoms with Gasteiger partial charge >= 0.3 is 6.18 Å². The van der Waals surface area contributed by atoms with Crippen LogP contribution in [0.5, 0.6) is 5.75 Å². The number of aryl methyl sites for hydroxylation is 2. The SMILES string of the molecule is COc1cc2c(C)c(C)n(C)c2cc1NC(=O)CC(=O)C(F)(F)F. The normalized spacial score (nSPS) is 11.6. The van der Waals surface area contributed by atoms with E-state index in [0.717, 1.165) is 22.2 Å². The van der Waals surface area contributed by atoms with Crippen LogP contribution in [-0.4, -0.2) is 29.5 Å². The zero-order chi connectivity index (χ0) is 18.2. The lowest BCUT2D eigenvalue weighted by Gasteiger charge is -2.12. The van der Waals surface area contributed by atoms with Crippen molar-refractivity contribution < 1.29 is 27.5 Å². The number of Topliss-reactive ketones (excluding diaryl/α,β-unsaturated/α-hetero) is 1. The number of carbonyl (C=O) groups excluding carboxylic acids is 2. The molecule has 1 amide bonds. The van der Waals surface area contributed by atoms with Crippen LogP contribution in [0, 0.1) is 13.8 Å². The predicted molar refractivity (Wildman–Crippen MR) is 83.3 cm³/mol. The number of ether oxygens (including phenoxy) is 1. The Morgan fingerprint density at radius 3 is 2.42 bits per heavy atom. The zero-order valence-corrected chi connectivity index (χ0v) is 13.7. The van der Waals surface area contributed by atoms with Crippen molar-refractivity contribution in [1.29, 1.82) is 0 Å². The topological polar surface area (TPSA) is 60.3 Å². The number of nitrogens with zero attached hydrogens (tertiary/aromatic N) is 1. The molecule has 0 unspecified atom stereocenters. The Bertz CT molecular complexity index is 822. The number of methoxy groups -OCH3 is 1. The van der Waals surface area contributed by atoms with Crippen LogP contribution in [0.4, 0.5) is 18.9 Å². The molecule has 0 atom stereocenters. The summed E-state index contributed by atoms with van der Waals surface area (Å²) in [5.41, 5.74) is 3.06. The maximum absolute atomic E-state index is 12.2. The number of halogens is 3. The highest BCUT2D eigenvalue weighted by Gasteiger charge is 2.39. The molecule has 0 aliphatic rings. The molecule has 1 aromatic heterocycles. The second-order valence-corrected chi connectivity index (χ2v) is 5.48. The fraction of sp³-hybridized carbons (Fsp3) is 0.375. The van der Waals surface area contributed by atoms with Crippen molar-refractivity contribution in [2.45, 2.75) is 26.4 Å². The molecule has 1 heterocycles. The van der Waals surface area contributed by atoms with E-state index < -0.39 is 24.3 Å². The minimum Gasteiger partial charge on any atom is -0.495 e. The predicted octanol–water partition coefficient (Wildman–Crippen LogP) is 3.26. The fourth-order valence-corrected chi connectivity index (χ4v) is 2.48. The highest BCUT2D eigenvalue weighted by molar-refractivity contribution is 6.07. The Hall–Kier alpha value is -2.51. The van der Waals surface area contributed by atoms with Gasteiger partial charge in [0.1, 0.15) is 5.75 Å². The van der Waals surface area contributed by atoms with Crippen LogP contribution in [0.25, 0.3) is 10.9 Å². The van der Waals surface area contributed by atoms with Gasteiger partial charge in [0.25, 0.3) is 0 Å². The van der Waals surface area contributed by atoms with E-state index in [0.29, 0.717) is 5.75 Å². The largest absolute Gasteiger partial charge is 0.495 e. The molecule has 1 aromatic carbocycles. The van der Waals surface area contributed by atoms with E-state index in [1.165, 1.54) is 7.11 Å². The van der Waals surface area contributed by atoms with Crippen molar-refractivity contribution in [2.24, 2.45) is 7.05 Å². The fourth-order valence-electron chi connectivity index (χ4n) is 2.48. The summed E-state index contributed by atoms with van der Waals surface area (Å²) >= 11 is 0. The maximum atomic E-state index is 12.2. The number of ketones is 1. The van der Waals surface area contributed by atoms with E-state index in [4.69, 9.17) is 4.74 Å². The summed E-state index contributed by atoms with van der Waals surface area (Å²) < 4.78 is 43.8. The number of anilines is 1. The van der Waals surface area contributed by atoms with E-state index in [1.807, 2.05) is 25.5 Å². The molecule has 0 saturated heterocycles. The number of aromatic nitrogens is 1. The van der Waals surface area contributed by atoms with Crippen LogP contribution in [-0.2, 0) is 16.6 Å². The van der Waals surface area contributed by atoms with Crippen LogP contribution < -0.4 is 10.1 Å². The van der Waals surface area contributed by atoms with Gasteiger partial charge in [-0.2, -0.15) is 13.2 Å². The summed E-state index contributed by atoms with van der Waals surface area (Å²) in [5, 5.41) is 3.23. The first-order valence-corrected chi connectivity index (χ1v) is 7.09. The molecule has 0 aliphatic heterocycles. The lowest BCUT2D eigenvalue weighted by Crippen LogP contribution is -2.28. The second kappa shape index (κ2) is 6.18. The summed E-state index contributed by atoms with van der Waals surface area (Å²) in [6.45, 7) is 3.87. The molecule has 0 bridgehead atoms. The van der Waals surface area contributed by atoms with E-state index in [9.17, 15) is 22.8 Å². The smallest absolute Gasteiger partial charge is 0.450 e. The van der Waals surface area contributed by atoms with Gasteiger partial charge in [0.05, 0.1) is 24.7 Å². The van der Waals surface area contributed by atoms with Gasteiger partial charge in [-0.25, -0.2) is 0 Å². The summed E-state index contributed by atoms with van der Waals surface area (Å²) in [7, 11) is 3.23. The molecule has 0 radical (unpaired) electrons. The molecule has 0 aliphatic carbocycles. The Morgan fingerprint density at radius 2 is 1.88 bits per heavy atom. The minimum absolute atomic E-state index is 0.213. The van der Waals surface area contributed by atoms with Crippen molar-refractivity contribution in [1.82, 2.24) is 4.57 Å². The number of hydrogen-bond donors (Lipinski definition) is 1. The van der Waals surface area contributed by atoms with Gasteiger partial charge in [-0.3, -0.25) is 9.59 Å². The first kappa shape index (κ1) is 17.8. The number of hydrogen-bond acceptors (Lipinski definition) is 3. The third kappa shape index (κ3) is 3.22. The Labute approximate surface area is 136 Å². The molecule has 2 aromatic rings. The van der Waals surface area contributed by atoms with E-state index in [-0.39, 0.29) is 5.69 Å². The highest BCUT2D eigenvalue weighted by atomic mass is 19.4. The number of fused-ring (bicyclic) bond motifs is 1. The number of amides is 1. The van der Waals surface area contributed by atoms with Gasteiger partial charge < -0.3 is 14.6 Å². The molecular formula is C16H17F3N2O3. The quantitative estimate of drug-likeness (QED) is 0.868. The first-order valence-electron chi connectivity index (χ1n) is 7.09. The molecule has 8 heteroatoms. The van der Waals surface area contributed by atoms with Gasteiger partial charge in [0.2, 0.25) is 11.7 Å². The Kier molecular flexibility index (Phi) is 4.59. The summed E-state index contributed by atoms with van der Waals surface area (Å²) in [6, 6.07) is 3.32.